The van der Waals surface area contributed by atoms with Crippen molar-refractivity contribution in [2.45, 2.75) is 43.5 Å². The van der Waals surface area contributed by atoms with E-state index in [9.17, 15) is 9.59 Å². The zero-order valence-electron chi connectivity index (χ0n) is 14.9. The molecule has 0 radical (unpaired) electrons. The summed E-state index contributed by atoms with van der Waals surface area (Å²) in [6.07, 6.45) is 3.95. The number of unbranched alkanes of at least 4 members (excludes halogenated alkanes) is 1. The highest BCUT2D eigenvalue weighted by molar-refractivity contribution is 7.99. The number of carbonyl (C=O) groups is 2. The van der Waals surface area contributed by atoms with Crippen LogP contribution in [-0.4, -0.2) is 61.9 Å². The molecule has 2 amide bonds. The molecular formula is C18H21N5O3S. The van der Waals surface area contributed by atoms with E-state index in [1.165, 1.54) is 4.90 Å². The highest BCUT2D eigenvalue weighted by Crippen LogP contribution is 2.23. The summed E-state index contributed by atoms with van der Waals surface area (Å²) in [6, 6.07) is 6.98. The van der Waals surface area contributed by atoms with E-state index in [0.29, 0.717) is 24.2 Å². The van der Waals surface area contributed by atoms with Crippen LogP contribution in [0, 0.1) is 0 Å². The number of rotatable bonds is 8. The average molecular weight is 387 g/mol. The fourth-order valence-electron chi connectivity index (χ4n) is 3.37. The van der Waals surface area contributed by atoms with E-state index in [2.05, 4.69) is 15.5 Å². The maximum atomic E-state index is 12.3. The zero-order valence-corrected chi connectivity index (χ0v) is 15.7. The first-order valence-electron chi connectivity index (χ1n) is 9.20. The highest BCUT2D eigenvalue weighted by atomic mass is 32.2. The van der Waals surface area contributed by atoms with Crippen LogP contribution >= 0.6 is 11.8 Å². The minimum Gasteiger partial charge on any atom is -0.376 e. The van der Waals surface area contributed by atoms with E-state index in [1.807, 2.05) is 0 Å². The van der Waals surface area contributed by atoms with E-state index >= 15 is 0 Å². The molecule has 1 fully saturated rings. The van der Waals surface area contributed by atoms with Crippen molar-refractivity contribution in [3.8, 4) is 0 Å². The fourth-order valence-corrected chi connectivity index (χ4v) is 4.26. The van der Waals surface area contributed by atoms with E-state index in [0.717, 1.165) is 43.2 Å². The Morgan fingerprint density at radius 1 is 1.15 bits per heavy atom. The molecule has 0 bridgehead atoms. The topological polar surface area (TPSA) is 90.2 Å². The lowest BCUT2D eigenvalue weighted by Crippen LogP contribution is -2.30. The Labute approximate surface area is 161 Å². The summed E-state index contributed by atoms with van der Waals surface area (Å²) in [4.78, 5) is 26.0. The average Bonchev–Trinajstić information content (AvgIpc) is 3.40. The third kappa shape index (κ3) is 3.89. The SMILES string of the molecule is O=C1c2ccccc2C(=O)N1CCCCSc1nnnn1CC1CCCO1. The third-order valence-electron chi connectivity index (χ3n) is 4.79. The molecule has 1 saturated heterocycles. The van der Waals surface area contributed by atoms with Gasteiger partial charge in [-0.25, -0.2) is 4.68 Å². The maximum Gasteiger partial charge on any atom is 0.261 e. The number of fused-ring (bicyclic) bond motifs is 1. The molecule has 2 aliphatic heterocycles. The van der Waals surface area contributed by atoms with Crippen molar-refractivity contribution in [1.82, 2.24) is 25.1 Å². The number of thioether (sulfide) groups is 1. The summed E-state index contributed by atoms with van der Waals surface area (Å²) in [5.41, 5.74) is 1.01. The van der Waals surface area contributed by atoms with Gasteiger partial charge < -0.3 is 4.74 Å². The largest absolute Gasteiger partial charge is 0.376 e. The van der Waals surface area contributed by atoms with Gasteiger partial charge >= 0.3 is 0 Å². The van der Waals surface area contributed by atoms with Crippen molar-refractivity contribution < 1.29 is 14.3 Å². The van der Waals surface area contributed by atoms with Crippen LogP contribution in [0.15, 0.2) is 29.4 Å². The van der Waals surface area contributed by atoms with Crippen molar-refractivity contribution in [3.63, 3.8) is 0 Å². The van der Waals surface area contributed by atoms with Gasteiger partial charge in [0.1, 0.15) is 0 Å². The first-order valence-corrected chi connectivity index (χ1v) is 10.2. The van der Waals surface area contributed by atoms with Crippen LogP contribution in [0.4, 0.5) is 0 Å². The third-order valence-corrected chi connectivity index (χ3v) is 5.83. The molecule has 3 heterocycles. The lowest BCUT2D eigenvalue weighted by Gasteiger charge is -2.13. The Hall–Kier alpha value is -2.26. The summed E-state index contributed by atoms with van der Waals surface area (Å²) in [5.74, 6) is 0.447. The minimum atomic E-state index is -0.191. The molecule has 9 heteroatoms. The second kappa shape index (κ2) is 8.18. The fraction of sp³-hybridized carbons (Fsp3) is 0.500. The van der Waals surface area contributed by atoms with E-state index in [4.69, 9.17) is 4.74 Å². The van der Waals surface area contributed by atoms with Gasteiger partial charge in [0.2, 0.25) is 5.16 Å². The number of benzene rings is 1. The van der Waals surface area contributed by atoms with E-state index in [-0.39, 0.29) is 17.9 Å². The van der Waals surface area contributed by atoms with Gasteiger partial charge in [0.05, 0.1) is 23.8 Å². The first-order chi connectivity index (χ1) is 13.2. The number of amides is 2. The molecule has 1 aromatic heterocycles. The Morgan fingerprint density at radius 2 is 1.93 bits per heavy atom. The van der Waals surface area contributed by atoms with Gasteiger partial charge in [-0.3, -0.25) is 14.5 Å². The highest BCUT2D eigenvalue weighted by Gasteiger charge is 2.34. The summed E-state index contributed by atoms with van der Waals surface area (Å²) in [7, 11) is 0. The summed E-state index contributed by atoms with van der Waals surface area (Å²) in [5, 5.41) is 12.7. The van der Waals surface area contributed by atoms with Crippen LogP contribution < -0.4 is 0 Å². The number of tetrazole rings is 1. The van der Waals surface area contributed by atoms with Gasteiger partial charge in [-0.15, -0.1) is 5.10 Å². The zero-order chi connectivity index (χ0) is 18.6. The Morgan fingerprint density at radius 3 is 2.63 bits per heavy atom. The molecule has 1 unspecified atom stereocenters. The molecule has 0 N–H and O–H groups in total. The van der Waals surface area contributed by atoms with Gasteiger partial charge in [-0.2, -0.15) is 0 Å². The predicted molar refractivity (Wildman–Crippen MR) is 98.6 cm³/mol. The monoisotopic (exact) mass is 387 g/mol. The van der Waals surface area contributed by atoms with Gasteiger partial charge in [0.15, 0.2) is 0 Å². The number of aromatic nitrogens is 4. The smallest absolute Gasteiger partial charge is 0.261 e. The molecule has 0 saturated carbocycles. The quantitative estimate of drug-likeness (QED) is 0.389. The van der Waals surface area contributed by atoms with Gasteiger partial charge in [-0.1, -0.05) is 23.9 Å². The van der Waals surface area contributed by atoms with Gasteiger partial charge in [-0.05, 0) is 48.2 Å². The standard InChI is InChI=1S/C18H21N5O3S/c24-16-14-7-1-2-8-15(14)17(25)22(16)9-3-4-11-27-18-19-20-21-23(18)12-13-6-5-10-26-13/h1-2,7-8,13H,3-6,9-12H2. The number of imide groups is 1. The number of carbonyl (C=O) groups excluding carboxylic acids is 2. The van der Waals surface area contributed by atoms with Gasteiger partial charge in [0.25, 0.3) is 11.8 Å². The Balaban J connectivity index is 1.22. The lowest BCUT2D eigenvalue weighted by atomic mass is 10.1. The predicted octanol–water partition coefficient (Wildman–Crippen LogP) is 2.02. The van der Waals surface area contributed by atoms with Crippen LogP contribution in [0.3, 0.4) is 0 Å². The summed E-state index contributed by atoms with van der Waals surface area (Å²) < 4.78 is 7.43. The normalized spacial score (nSPS) is 19.1. The van der Waals surface area contributed by atoms with Crippen LogP contribution in [0.5, 0.6) is 0 Å². The maximum absolute atomic E-state index is 12.3. The number of hydrogen-bond donors (Lipinski definition) is 0. The number of hydrogen-bond acceptors (Lipinski definition) is 7. The molecule has 4 rings (SSSR count). The van der Waals surface area contributed by atoms with Crippen LogP contribution in [0.1, 0.15) is 46.4 Å². The van der Waals surface area contributed by atoms with Crippen LogP contribution in [-0.2, 0) is 11.3 Å². The molecule has 27 heavy (non-hydrogen) atoms. The van der Waals surface area contributed by atoms with Crippen LogP contribution in [0.25, 0.3) is 0 Å². The molecular weight excluding hydrogens is 366 g/mol. The number of ether oxygens (including phenoxy) is 1. The molecule has 8 nitrogen and oxygen atoms in total. The Bertz CT molecular complexity index is 799. The molecule has 1 aromatic carbocycles. The number of nitrogens with zero attached hydrogens (tertiary/aromatic N) is 5. The van der Waals surface area contributed by atoms with E-state index < -0.39 is 0 Å². The minimum absolute atomic E-state index is 0.191. The van der Waals surface area contributed by atoms with E-state index in [1.54, 1.807) is 40.7 Å². The summed E-state index contributed by atoms with van der Waals surface area (Å²) >= 11 is 1.59. The van der Waals surface area contributed by atoms with Crippen molar-refractivity contribution >= 4 is 23.6 Å². The lowest BCUT2D eigenvalue weighted by molar-refractivity contribution is 0.0652. The molecule has 1 atom stereocenters. The molecule has 2 aromatic rings. The summed E-state index contributed by atoms with van der Waals surface area (Å²) in [6.45, 7) is 1.94. The molecule has 0 aliphatic carbocycles. The molecule has 142 valence electrons. The van der Waals surface area contributed by atoms with Crippen LogP contribution in [0.2, 0.25) is 0 Å². The van der Waals surface area contributed by atoms with Crippen molar-refractivity contribution in [2.24, 2.45) is 0 Å². The van der Waals surface area contributed by atoms with Crippen molar-refractivity contribution in [3.05, 3.63) is 35.4 Å². The first kappa shape index (κ1) is 18.1. The van der Waals surface area contributed by atoms with Gasteiger partial charge in [0, 0.05) is 18.9 Å². The van der Waals surface area contributed by atoms with Crippen molar-refractivity contribution in [1.29, 1.82) is 0 Å². The second-order valence-electron chi connectivity index (χ2n) is 6.64. The van der Waals surface area contributed by atoms with Crippen molar-refractivity contribution in [2.75, 3.05) is 18.9 Å². The molecule has 0 spiro atoms. The second-order valence-corrected chi connectivity index (χ2v) is 7.70. The Kier molecular flexibility index (Phi) is 5.49. The molecule has 2 aliphatic rings.